The van der Waals surface area contributed by atoms with Crippen LogP contribution in [0.4, 0.5) is 0 Å². The van der Waals surface area contributed by atoms with Gasteiger partial charge in [0.15, 0.2) is 0 Å². The molecule has 0 bridgehead atoms. The van der Waals surface area contributed by atoms with Crippen LogP contribution in [0, 0.1) is 5.41 Å². The molecule has 0 saturated carbocycles. The summed E-state index contributed by atoms with van der Waals surface area (Å²) >= 11 is 6.42. The molecule has 0 aliphatic heterocycles. The summed E-state index contributed by atoms with van der Waals surface area (Å²) in [4.78, 5) is 37.3. The van der Waals surface area contributed by atoms with E-state index < -0.39 is 22.6 Å². The highest BCUT2D eigenvalue weighted by Gasteiger charge is 2.40. The van der Waals surface area contributed by atoms with E-state index in [1.807, 2.05) is 11.8 Å². The molecule has 0 rings (SSSR count). The van der Waals surface area contributed by atoms with E-state index in [-0.39, 0.29) is 18.5 Å². The van der Waals surface area contributed by atoms with Crippen LogP contribution in [-0.4, -0.2) is 49.5 Å². The minimum Gasteiger partial charge on any atom is -0.328 e. The first-order valence-electron chi connectivity index (χ1n) is 11.8. The molecule has 6 nitrogen and oxygen atoms in total. The van der Waals surface area contributed by atoms with Crippen molar-refractivity contribution in [2.75, 3.05) is 24.7 Å². The third kappa shape index (κ3) is 17.4. The van der Waals surface area contributed by atoms with Gasteiger partial charge < -0.3 is 28.6 Å². The van der Waals surface area contributed by atoms with Gasteiger partial charge in [0, 0.05) is 16.4 Å². The van der Waals surface area contributed by atoms with E-state index in [9.17, 15) is 19.6 Å². The maximum atomic E-state index is 9.31. The Morgan fingerprint density at radius 1 is 0.742 bits per heavy atom. The van der Waals surface area contributed by atoms with E-state index in [4.69, 9.17) is 9.05 Å². The second-order valence-electron chi connectivity index (χ2n) is 8.26. The summed E-state index contributed by atoms with van der Waals surface area (Å²) in [7, 11) is -4.97. The standard InChI is InChI=1S/C21H46O6P2S2/c1-3-5-7-9-11-13-15-20(31-16-14-12-10-8-6-4-2)21(19-30,17-26-28(22)23)18-27-29(24)25/h20,22-25,30H,3-19H2,1-2H3. The van der Waals surface area contributed by atoms with Crippen molar-refractivity contribution >= 4 is 41.6 Å². The fourth-order valence-corrected chi connectivity index (χ4v) is 6.41. The minimum atomic E-state index is -2.49. The van der Waals surface area contributed by atoms with Gasteiger partial charge >= 0.3 is 17.2 Å². The Bertz CT molecular complexity index is 383. The average molecular weight is 521 g/mol. The first-order chi connectivity index (χ1) is 14.9. The molecule has 0 spiro atoms. The minimum absolute atomic E-state index is 0.0718. The fourth-order valence-electron chi connectivity index (χ4n) is 3.58. The van der Waals surface area contributed by atoms with Gasteiger partial charge in [-0.05, 0) is 18.6 Å². The third-order valence-electron chi connectivity index (χ3n) is 5.57. The van der Waals surface area contributed by atoms with Crippen LogP contribution in [0.1, 0.15) is 97.3 Å². The molecule has 10 heteroatoms. The number of hydrogen-bond acceptors (Lipinski definition) is 8. The van der Waals surface area contributed by atoms with Crippen molar-refractivity contribution in [3.05, 3.63) is 0 Å². The Labute approximate surface area is 202 Å². The number of thiol groups is 1. The van der Waals surface area contributed by atoms with Crippen LogP contribution in [0.25, 0.3) is 0 Å². The predicted molar refractivity (Wildman–Crippen MR) is 139 cm³/mol. The Morgan fingerprint density at radius 2 is 1.19 bits per heavy atom. The summed E-state index contributed by atoms with van der Waals surface area (Å²) in [5.74, 6) is 1.42. The normalized spacial score (nSPS) is 13.5. The van der Waals surface area contributed by atoms with E-state index in [1.165, 1.54) is 57.8 Å². The van der Waals surface area contributed by atoms with Crippen molar-refractivity contribution in [3.63, 3.8) is 0 Å². The van der Waals surface area contributed by atoms with Gasteiger partial charge in [-0.3, -0.25) is 0 Å². The third-order valence-corrected chi connectivity index (χ3v) is 8.58. The number of unbranched alkanes of at least 4 members (excludes halogenated alkanes) is 10. The highest BCUT2D eigenvalue weighted by Crippen LogP contribution is 2.43. The monoisotopic (exact) mass is 520 g/mol. The molecular weight excluding hydrogens is 474 g/mol. The lowest BCUT2D eigenvalue weighted by molar-refractivity contribution is 0.0791. The largest absolute Gasteiger partial charge is 0.328 e. The molecule has 0 aliphatic carbocycles. The molecule has 0 heterocycles. The second kappa shape index (κ2) is 21.8. The fraction of sp³-hybridized carbons (Fsp3) is 1.00. The topological polar surface area (TPSA) is 99.4 Å². The lowest BCUT2D eigenvalue weighted by atomic mass is 9.85. The molecule has 0 amide bonds. The molecule has 0 aliphatic rings. The molecule has 31 heavy (non-hydrogen) atoms. The van der Waals surface area contributed by atoms with Crippen LogP contribution < -0.4 is 0 Å². The smallest absolute Gasteiger partial charge is 0.327 e. The zero-order valence-corrected chi connectivity index (χ0v) is 23.0. The molecular formula is C21H46O6P2S2. The molecule has 1 atom stereocenters. The molecule has 0 aromatic heterocycles. The second-order valence-corrected chi connectivity index (χ2v) is 11.4. The summed E-state index contributed by atoms with van der Waals surface area (Å²) in [5.41, 5.74) is -0.614. The Hall–Kier alpha value is 1.32. The van der Waals surface area contributed by atoms with Crippen molar-refractivity contribution in [2.24, 2.45) is 5.41 Å². The van der Waals surface area contributed by atoms with Gasteiger partial charge in [0.25, 0.3) is 0 Å². The first kappa shape index (κ1) is 32.3. The van der Waals surface area contributed by atoms with Gasteiger partial charge in [0.05, 0.1) is 13.2 Å². The Balaban J connectivity index is 4.98. The molecule has 0 saturated heterocycles. The van der Waals surface area contributed by atoms with Gasteiger partial charge in [0.1, 0.15) is 0 Å². The zero-order valence-electron chi connectivity index (χ0n) is 19.5. The SMILES string of the molecule is CCCCCCCCSC(CCCCCCCC)C(CS)(COP(O)O)COP(O)O. The van der Waals surface area contributed by atoms with Gasteiger partial charge in [-0.25, -0.2) is 0 Å². The maximum absolute atomic E-state index is 9.31. The zero-order chi connectivity index (χ0) is 23.4. The molecule has 0 fully saturated rings. The van der Waals surface area contributed by atoms with E-state index in [2.05, 4.69) is 26.5 Å². The van der Waals surface area contributed by atoms with Crippen LogP contribution in [0.5, 0.6) is 0 Å². The van der Waals surface area contributed by atoms with Crippen LogP contribution in [0.15, 0.2) is 0 Å². The van der Waals surface area contributed by atoms with Crippen LogP contribution in [0.2, 0.25) is 0 Å². The van der Waals surface area contributed by atoms with Gasteiger partial charge in [-0.1, -0.05) is 84.5 Å². The first-order valence-corrected chi connectivity index (χ1v) is 15.8. The quantitative estimate of drug-likeness (QED) is 0.0590. The van der Waals surface area contributed by atoms with Crippen molar-refractivity contribution in [2.45, 2.75) is 103 Å². The van der Waals surface area contributed by atoms with E-state index in [0.29, 0.717) is 5.75 Å². The Kier molecular flexibility index (Phi) is 22.8. The average Bonchev–Trinajstić information content (AvgIpc) is 2.74. The number of rotatable bonds is 23. The summed E-state index contributed by atoms with van der Waals surface area (Å²) in [5, 5.41) is 0.136. The number of hydrogen-bond donors (Lipinski definition) is 5. The van der Waals surface area contributed by atoms with Gasteiger partial charge in [0.2, 0.25) is 0 Å². The van der Waals surface area contributed by atoms with Gasteiger partial charge in [-0.15, -0.1) is 0 Å². The highest BCUT2D eigenvalue weighted by molar-refractivity contribution is 8.00. The van der Waals surface area contributed by atoms with Crippen molar-refractivity contribution in [3.8, 4) is 0 Å². The summed E-state index contributed by atoms with van der Waals surface area (Å²) in [6, 6.07) is 0. The van der Waals surface area contributed by atoms with E-state index in [0.717, 1.165) is 31.4 Å². The highest BCUT2D eigenvalue weighted by atomic mass is 32.2. The van der Waals surface area contributed by atoms with E-state index in [1.54, 1.807) is 0 Å². The summed E-state index contributed by atoms with van der Waals surface area (Å²) in [6.45, 7) is 4.58. The van der Waals surface area contributed by atoms with Crippen molar-refractivity contribution < 1.29 is 28.6 Å². The number of thioether (sulfide) groups is 1. The molecule has 0 radical (unpaired) electrons. The molecule has 4 N–H and O–H groups in total. The Morgan fingerprint density at radius 3 is 1.65 bits per heavy atom. The van der Waals surface area contributed by atoms with Crippen LogP contribution in [0.3, 0.4) is 0 Å². The van der Waals surface area contributed by atoms with E-state index >= 15 is 0 Å². The summed E-state index contributed by atoms with van der Waals surface area (Å²) in [6.07, 6.45) is 15.6. The lowest BCUT2D eigenvalue weighted by Gasteiger charge is -2.39. The lowest BCUT2D eigenvalue weighted by Crippen LogP contribution is -2.43. The summed E-state index contributed by atoms with van der Waals surface area (Å²) < 4.78 is 10.4. The van der Waals surface area contributed by atoms with Crippen LogP contribution in [-0.2, 0) is 9.05 Å². The van der Waals surface area contributed by atoms with Gasteiger partial charge in [-0.2, -0.15) is 24.4 Å². The molecule has 188 valence electrons. The molecule has 0 aromatic carbocycles. The van der Waals surface area contributed by atoms with Crippen LogP contribution >= 0.6 is 41.6 Å². The molecule has 1 unspecified atom stereocenters. The van der Waals surface area contributed by atoms with Crippen molar-refractivity contribution in [1.29, 1.82) is 0 Å². The maximum Gasteiger partial charge on any atom is 0.327 e. The van der Waals surface area contributed by atoms with Crippen molar-refractivity contribution in [1.82, 2.24) is 0 Å². The molecule has 0 aromatic rings. The predicted octanol–water partition coefficient (Wildman–Crippen LogP) is 6.57.